The van der Waals surface area contributed by atoms with Crippen molar-refractivity contribution in [2.75, 3.05) is 46.6 Å². The second kappa shape index (κ2) is 13.5. The molecule has 2 saturated carbocycles. The minimum atomic E-state index is -0.608. The molecular weight excluding hydrogens is 434 g/mol. The molecule has 0 bridgehead atoms. The molecule has 8 nitrogen and oxygen atoms in total. The number of rotatable bonds is 13. The highest BCUT2D eigenvalue weighted by atomic mass is 16.5. The molecule has 0 aromatic heterocycles. The SMILES string of the molecule is COc1ccc([C@]2(C#N)CC[C@@H](C(=O)NCCOCCOCCN)CC2)cc1OC1CCCC1. The van der Waals surface area contributed by atoms with Crippen LogP contribution in [-0.4, -0.2) is 58.6 Å². The summed E-state index contributed by atoms with van der Waals surface area (Å²) >= 11 is 0. The van der Waals surface area contributed by atoms with Crippen molar-refractivity contribution >= 4 is 5.91 Å². The van der Waals surface area contributed by atoms with Crippen molar-refractivity contribution in [2.24, 2.45) is 11.7 Å². The van der Waals surface area contributed by atoms with Gasteiger partial charge in [0.25, 0.3) is 0 Å². The molecule has 2 aliphatic rings. The van der Waals surface area contributed by atoms with Gasteiger partial charge in [0.1, 0.15) is 0 Å². The number of nitrogens with one attached hydrogen (secondary N) is 1. The molecule has 1 aromatic rings. The molecule has 1 aromatic carbocycles. The van der Waals surface area contributed by atoms with Crippen molar-refractivity contribution in [1.82, 2.24) is 5.32 Å². The van der Waals surface area contributed by atoms with E-state index in [1.807, 2.05) is 18.2 Å². The van der Waals surface area contributed by atoms with Gasteiger partial charge in [-0.2, -0.15) is 5.26 Å². The normalized spacial score (nSPS) is 22.8. The van der Waals surface area contributed by atoms with Crippen molar-refractivity contribution in [1.29, 1.82) is 5.26 Å². The van der Waals surface area contributed by atoms with E-state index >= 15 is 0 Å². The van der Waals surface area contributed by atoms with Crippen LogP contribution in [0.3, 0.4) is 0 Å². The van der Waals surface area contributed by atoms with Gasteiger partial charge >= 0.3 is 0 Å². The molecule has 2 fully saturated rings. The van der Waals surface area contributed by atoms with E-state index in [0.717, 1.165) is 24.2 Å². The summed E-state index contributed by atoms with van der Waals surface area (Å²) in [7, 11) is 1.64. The number of hydrogen-bond acceptors (Lipinski definition) is 7. The molecule has 0 saturated heterocycles. The van der Waals surface area contributed by atoms with Gasteiger partial charge in [0, 0.05) is 19.0 Å². The Kier molecular flexibility index (Phi) is 10.4. The number of benzene rings is 1. The number of amides is 1. The Balaban J connectivity index is 1.50. The van der Waals surface area contributed by atoms with Gasteiger partial charge in [0.15, 0.2) is 11.5 Å². The summed E-state index contributed by atoms with van der Waals surface area (Å²) in [6.45, 7) is 2.93. The lowest BCUT2D eigenvalue weighted by atomic mass is 9.67. The molecule has 34 heavy (non-hydrogen) atoms. The van der Waals surface area contributed by atoms with E-state index in [9.17, 15) is 10.1 Å². The second-order valence-corrected chi connectivity index (χ2v) is 9.16. The van der Waals surface area contributed by atoms with Crippen LogP contribution in [0.25, 0.3) is 0 Å². The van der Waals surface area contributed by atoms with Gasteiger partial charge in [-0.1, -0.05) is 6.07 Å². The van der Waals surface area contributed by atoms with Crippen LogP contribution in [0.5, 0.6) is 11.5 Å². The smallest absolute Gasteiger partial charge is 0.223 e. The predicted octanol–water partition coefficient (Wildman–Crippen LogP) is 3.08. The number of methoxy groups -OCH3 is 1. The summed E-state index contributed by atoms with van der Waals surface area (Å²) in [4.78, 5) is 12.6. The zero-order chi connectivity index (χ0) is 24.2. The van der Waals surface area contributed by atoms with Crippen molar-refractivity contribution in [3.63, 3.8) is 0 Å². The first-order valence-electron chi connectivity index (χ1n) is 12.5. The first kappa shape index (κ1) is 26.3. The Bertz CT molecular complexity index is 811. The Labute approximate surface area is 203 Å². The number of ether oxygens (including phenoxy) is 4. The van der Waals surface area contributed by atoms with E-state index < -0.39 is 5.41 Å². The van der Waals surface area contributed by atoms with Gasteiger partial charge in [-0.3, -0.25) is 4.79 Å². The lowest BCUT2D eigenvalue weighted by molar-refractivity contribution is -0.126. The summed E-state index contributed by atoms with van der Waals surface area (Å²) in [5.74, 6) is 1.37. The molecule has 3 N–H and O–H groups in total. The largest absolute Gasteiger partial charge is 0.493 e. The fourth-order valence-electron chi connectivity index (χ4n) is 4.89. The van der Waals surface area contributed by atoms with Crippen LogP contribution in [0.15, 0.2) is 18.2 Å². The predicted molar refractivity (Wildman–Crippen MR) is 129 cm³/mol. The van der Waals surface area contributed by atoms with Gasteiger partial charge in [-0.05, 0) is 69.1 Å². The van der Waals surface area contributed by atoms with Crippen LogP contribution in [-0.2, 0) is 19.7 Å². The lowest BCUT2D eigenvalue weighted by Crippen LogP contribution is -2.39. The van der Waals surface area contributed by atoms with E-state index in [2.05, 4.69) is 11.4 Å². The summed E-state index contributed by atoms with van der Waals surface area (Å²) in [6.07, 6.45) is 7.35. The zero-order valence-electron chi connectivity index (χ0n) is 20.4. The molecule has 0 heterocycles. The van der Waals surface area contributed by atoms with Gasteiger partial charge < -0.3 is 30.0 Å². The Hall–Kier alpha value is -2.34. The molecule has 8 heteroatoms. The maximum atomic E-state index is 12.6. The number of nitrogens with zero attached hydrogens (tertiary/aromatic N) is 1. The van der Waals surface area contributed by atoms with Gasteiger partial charge in [0.2, 0.25) is 5.91 Å². The first-order chi connectivity index (χ1) is 16.6. The van der Waals surface area contributed by atoms with E-state index in [4.69, 9.17) is 24.7 Å². The number of hydrogen-bond donors (Lipinski definition) is 2. The van der Waals surface area contributed by atoms with E-state index in [1.54, 1.807) is 7.11 Å². The van der Waals surface area contributed by atoms with Crippen LogP contribution in [0.1, 0.15) is 56.9 Å². The highest BCUT2D eigenvalue weighted by Crippen LogP contribution is 2.44. The molecule has 0 unspecified atom stereocenters. The van der Waals surface area contributed by atoms with Gasteiger partial charge in [0.05, 0.1) is 51.1 Å². The van der Waals surface area contributed by atoms with E-state index in [-0.39, 0.29) is 17.9 Å². The average Bonchev–Trinajstić information content (AvgIpc) is 3.38. The standard InChI is InChI=1S/C26H39N3O5/c1-31-23-7-6-21(18-24(23)34-22-4-2-3-5-22)26(19-28)10-8-20(9-11-26)25(30)29-13-15-33-17-16-32-14-12-27/h6-7,18,20,22H,2-5,8-17,27H2,1H3,(H,29,30)/t20-,26-. The quantitative estimate of drug-likeness (QED) is 0.423. The molecule has 1 amide bonds. The lowest BCUT2D eigenvalue weighted by Gasteiger charge is -2.35. The number of carbonyl (C=O) groups excluding carboxylic acids is 1. The number of carbonyl (C=O) groups is 1. The van der Waals surface area contributed by atoms with Crippen LogP contribution >= 0.6 is 0 Å². The van der Waals surface area contributed by atoms with Crippen LogP contribution < -0.4 is 20.5 Å². The van der Waals surface area contributed by atoms with Crippen molar-refractivity contribution in [2.45, 2.75) is 62.9 Å². The molecular formula is C26H39N3O5. The van der Waals surface area contributed by atoms with E-state index in [0.29, 0.717) is 70.9 Å². The molecule has 0 aliphatic heterocycles. The monoisotopic (exact) mass is 473 g/mol. The van der Waals surface area contributed by atoms with Crippen molar-refractivity contribution in [3.8, 4) is 17.6 Å². The minimum Gasteiger partial charge on any atom is -0.493 e. The third-order valence-electron chi connectivity index (χ3n) is 6.92. The fourth-order valence-corrected chi connectivity index (χ4v) is 4.89. The van der Waals surface area contributed by atoms with Crippen molar-refractivity contribution in [3.05, 3.63) is 23.8 Å². The van der Waals surface area contributed by atoms with Crippen LogP contribution in [0.2, 0.25) is 0 Å². The first-order valence-corrected chi connectivity index (χ1v) is 12.5. The van der Waals surface area contributed by atoms with E-state index in [1.165, 1.54) is 12.8 Å². The van der Waals surface area contributed by atoms with Gasteiger partial charge in [-0.25, -0.2) is 0 Å². The Morgan fingerprint density at radius 2 is 1.79 bits per heavy atom. The van der Waals surface area contributed by atoms with Crippen LogP contribution in [0, 0.1) is 17.2 Å². The Morgan fingerprint density at radius 1 is 1.09 bits per heavy atom. The summed E-state index contributed by atoms with van der Waals surface area (Å²) in [5.41, 5.74) is 5.70. The highest BCUT2D eigenvalue weighted by Gasteiger charge is 2.39. The molecule has 3 rings (SSSR count). The number of nitrogens with two attached hydrogens (primary N) is 1. The molecule has 0 atom stereocenters. The number of nitriles is 1. The molecule has 2 aliphatic carbocycles. The maximum Gasteiger partial charge on any atom is 0.223 e. The molecule has 0 spiro atoms. The minimum absolute atomic E-state index is 0.0366. The fraction of sp³-hybridized carbons (Fsp3) is 0.692. The molecule has 0 radical (unpaired) electrons. The Morgan fingerprint density at radius 3 is 2.44 bits per heavy atom. The third-order valence-corrected chi connectivity index (χ3v) is 6.92. The topological polar surface area (TPSA) is 116 Å². The highest BCUT2D eigenvalue weighted by molar-refractivity contribution is 5.78. The summed E-state index contributed by atoms with van der Waals surface area (Å²) < 4.78 is 22.5. The molecule has 188 valence electrons. The second-order valence-electron chi connectivity index (χ2n) is 9.16. The van der Waals surface area contributed by atoms with Crippen LogP contribution in [0.4, 0.5) is 0 Å². The summed E-state index contributed by atoms with van der Waals surface area (Å²) in [5, 5.41) is 13.1. The zero-order valence-corrected chi connectivity index (χ0v) is 20.4. The third kappa shape index (κ3) is 7.08. The summed E-state index contributed by atoms with van der Waals surface area (Å²) in [6, 6.07) is 8.42. The average molecular weight is 474 g/mol. The maximum absolute atomic E-state index is 12.6. The van der Waals surface area contributed by atoms with Gasteiger partial charge in [-0.15, -0.1) is 0 Å². The van der Waals surface area contributed by atoms with Crippen molar-refractivity contribution < 1.29 is 23.7 Å².